The normalized spacial score (nSPS) is 11.6. The van der Waals surface area contributed by atoms with Crippen LogP contribution in [0.4, 0.5) is 0 Å². The first-order valence-electron chi connectivity index (χ1n) is 5.96. The highest BCUT2D eigenvalue weighted by atomic mass is 16.4. The third-order valence-electron chi connectivity index (χ3n) is 2.29. The number of amidine groups is 1. The summed E-state index contributed by atoms with van der Waals surface area (Å²) in [5, 5.41) is 17.3. The Bertz CT molecular complexity index is 459. The van der Waals surface area contributed by atoms with Crippen molar-refractivity contribution in [3.05, 3.63) is 29.6 Å². The predicted molar refractivity (Wildman–Crippen MR) is 71.7 cm³/mol. The number of oxime groups is 1. The van der Waals surface area contributed by atoms with Crippen LogP contribution in [0.5, 0.6) is 0 Å². The molecule has 7 heteroatoms. The Morgan fingerprint density at radius 3 is 2.95 bits per heavy atom. The minimum Gasteiger partial charge on any atom is -0.409 e. The first-order valence-corrected chi connectivity index (χ1v) is 5.96. The summed E-state index contributed by atoms with van der Waals surface area (Å²) in [7, 11) is 0. The molecule has 104 valence electrons. The van der Waals surface area contributed by atoms with Gasteiger partial charge in [0.25, 0.3) is 0 Å². The number of hydrogen-bond acceptors (Lipinski definition) is 5. The summed E-state index contributed by atoms with van der Waals surface area (Å²) in [5.41, 5.74) is 6.69. The van der Waals surface area contributed by atoms with Crippen LogP contribution in [0.3, 0.4) is 0 Å². The van der Waals surface area contributed by atoms with Gasteiger partial charge in [0.2, 0.25) is 5.91 Å². The number of nitrogens with two attached hydrogens (primary N) is 1. The average molecular weight is 265 g/mol. The molecule has 1 heterocycles. The molecule has 0 fully saturated rings. The van der Waals surface area contributed by atoms with Crippen molar-refractivity contribution in [3.63, 3.8) is 0 Å². The third kappa shape index (κ3) is 4.92. The summed E-state index contributed by atoms with van der Waals surface area (Å²) < 4.78 is 0. The molecular formula is C12H19N5O2. The second kappa shape index (κ2) is 7.32. The van der Waals surface area contributed by atoms with Gasteiger partial charge in [-0.2, -0.15) is 0 Å². The highest BCUT2D eigenvalue weighted by molar-refractivity contribution is 5.96. The van der Waals surface area contributed by atoms with Crippen molar-refractivity contribution in [1.82, 2.24) is 15.6 Å². The molecule has 0 spiro atoms. The molecule has 7 nitrogen and oxygen atoms in total. The Balaban J connectivity index is 2.56. The van der Waals surface area contributed by atoms with E-state index < -0.39 is 0 Å². The van der Waals surface area contributed by atoms with E-state index in [-0.39, 0.29) is 24.3 Å². The van der Waals surface area contributed by atoms with Crippen LogP contribution in [0, 0.1) is 0 Å². The molecule has 0 saturated carbocycles. The van der Waals surface area contributed by atoms with E-state index in [1.807, 2.05) is 13.8 Å². The maximum absolute atomic E-state index is 11.4. The van der Waals surface area contributed by atoms with Gasteiger partial charge in [-0.3, -0.25) is 9.78 Å². The Kier molecular flexibility index (Phi) is 5.74. The summed E-state index contributed by atoms with van der Waals surface area (Å²) in [6, 6.07) is 3.66. The van der Waals surface area contributed by atoms with Crippen LogP contribution >= 0.6 is 0 Å². The molecule has 5 N–H and O–H groups in total. The smallest absolute Gasteiger partial charge is 0.234 e. The molecule has 0 saturated heterocycles. The highest BCUT2D eigenvalue weighted by Crippen LogP contribution is 2.04. The molecule has 1 amide bonds. The fourth-order valence-electron chi connectivity index (χ4n) is 1.54. The van der Waals surface area contributed by atoms with Gasteiger partial charge in [0.05, 0.1) is 6.54 Å². The fourth-order valence-corrected chi connectivity index (χ4v) is 1.54. The van der Waals surface area contributed by atoms with Gasteiger partial charge >= 0.3 is 0 Å². The van der Waals surface area contributed by atoms with E-state index >= 15 is 0 Å². The molecule has 0 bridgehead atoms. The Hall–Kier alpha value is -2.15. The van der Waals surface area contributed by atoms with E-state index in [1.165, 1.54) is 0 Å². The van der Waals surface area contributed by atoms with Crippen LogP contribution in [0.2, 0.25) is 0 Å². The topological polar surface area (TPSA) is 113 Å². The van der Waals surface area contributed by atoms with E-state index in [4.69, 9.17) is 10.9 Å². The zero-order valence-corrected chi connectivity index (χ0v) is 11.1. The van der Waals surface area contributed by atoms with E-state index in [2.05, 4.69) is 20.8 Å². The van der Waals surface area contributed by atoms with Crippen LogP contribution in [0.1, 0.15) is 25.1 Å². The van der Waals surface area contributed by atoms with Crippen molar-refractivity contribution < 1.29 is 10.0 Å². The SMILES string of the molecule is CC(C)NC(=O)CNCc1cccnc1C(N)=NO. The van der Waals surface area contributed by atoms with Crippen LogP contribution in [-0.2, 0) is 11.3 Å². The van der Waals surface area contributed by atoms with Crippen molar-refractivity contribution in [2.75, 3.05) is 6.54 Å². The molecule has 0 aromatic carbocycles. The second-order valence-electron chi connectivity index (χ2n) is 4.32. The summed E-state index contributed by atoms with van der Waals surface area (Å²) in [6.07, 6.45) is 1.56. The summed E-state index contributed by atoms with van der Waals surface area (Å²) in [6.45, 7) is 4.40. The molecule has 0 aliphatic heterocycles. The monoisotopic (exact) mass is 265 g/mol. The molecule has 19 heavy (non-hydrogen) atoms. The zero-order chi connectivity index (χ0) is 14.3. The predicted octanol–water partition coefficient (Wildman–Crippen LogP) is -0.210. The van der Waals surface area contributed by atoms with Gasteiger partial charge in [0.1, 0.15) is 5.69 Å². The summed E-state index contributed by atoms with van der Waals surface area (Å²) in [5.74, 6) is -0.131. The van der Waals surface area contributed by atoms with Crippen LogP contribution in [0.15, 0.2) is 23.5 Å². The van der Waals surface area contributed by atoms with Crippen molar-refractivity contribution in [2.45, 2.75) is 26.4 Å². The lowest BCUT2D eigenvalue weighted by molar-refractivity contribution is -0.120. The molecule has 0 radical (unpaired) electrons. The summed E-state index contributed by atoms with van der Waals surface area (Å²) >= 11 is 0. The standard InChI is InChI=1S/C12H19N5O2/c1-8(2)16-10(18)7-14-6-9-4-3-5-15-11(9)12(13)17-19/h3-5,8,14,19H,6-7H2,1-2H3,(H2,13,17)(H,16,18). The number of rotatable bonds is 6. The quantitative estimate of drug-likeness (QED) is 0.246. The van der Waals surface area contributed by atoms with Gasteiger partial charge in [-0.25, -0.2) is 0 Å². The largest absolute Gasteiger partial charge is 0.409 e. The van der Waals surface area contributed by atoms with Crippen LogP contribution in [0.25, 0.3) is 0 Å². The lowest BCUT2D eigenvalue weighted by Crippen LogP contribution is -2.37. The number of hydrogen-bond donors (Lipinski definition) is 4. The Morgan fingerprint density at radius 1 is 1.58 bits per heavy atom. The molecule has 1 aromatic rings. The number of amides is 1. The van der Waals surface area contributed by atoms with Gasteiger partial charge in [-0.15, -0.1) is 0 Å². The van der Waals surface area contributed by atoms with Crippen molar-refractivity contribution in [3.8, 4) is 0 Å². The lowest BCUT2D eigenvalue weighted by atomic mass is 10.2. The number of nitrogens with one attached hydrogen (secondary N) is 2. The van der Waals surface area contributed by atoms with E-state index in [0.29, 0.717) is 12.2 Å². The zero-order valence-electron chi connectivity index (χ0n) is 11.1. The minimum atomic E-state index is -0.0794. The maximum Gasteiger partial charge on any atom is 0.234 e. The van der Waals surface area contributed by atoms with Gasteiger partial charge in [0, 0.05) is 18.8 Å². The van der Waals surface area contributed by atoms with E-state index in [0.717, 1.165) is 5.56 Å². The van der Waals surface area contributed by atoms with Gasteiger partial charge in [-0.05, 0) is 25.5 Å². The van der Waals surface area contributed by atoms with Gasteiger partial charge < -0.3 is 21.6 Å². The highest BCUT2D eigenvalue weighted by Gasteiger charge is 2.08. The maximum atomic E-state index is 11.4. The molecule has 0 aliphatic rings. The fraction of sp³-hybridized carbons (Fsp3) is 0.417. The van der Waals surface area contributed by atoms with E-state index in [1.54, 1.807) is 18.3 Å². The molecule has 1 rings (SSSR count). The van der Waals surface area contributed by atoms with Crippen molar-refractivity contribution in [2.24, 2.45) is 10.9 Å². The number of nitrogens with zero attached hydrogens (tertiary/aromatic N) is 2. The molecule has 0 atom stereocenters. The first-order chi connectivity index (χ1) is 9.04. The van der Waals surface area contributed by atoms with Crippen LogP contribution in [-0.4, -0.2) is 34.5 Å². The number of carbonyl (C=O) groups excluding carboxylic acids is 1. The third-order valence-corrected chi connectivity index (χ3v) is 2.29. The lowest BCUT2D eigenvalue weighted by Gasteiger charge is -2.10. The Labute approximate surface area is 111 Å². The number of pyridine rings is 1. The van der Waals surface area contributed by atoms with Crippen molar-refractivity contribution >= 4 is 11.7 Å². The van der Waals surface area contributed by atoms with E-state index in [9.17, 15) is 4.79 Å². The molecule has 0 aliphatic carbocycles. The molecule has 0 unspecified atom stereocenters. The Morgan fingerprint density at radius 2 is 2.32 bits per heavy atom. The van der Waals surface area contributed by atoms with Crippen molar-refractivity contribution in [1.29, 1.82) is 0 Å². The summed E-state index contributed by atoms with van der Waals surface area (Å²) in [4.78, 5) is 15.5. The molecule has 1 aromatic heterocycles. The minimum absolute atomic E-state index is 0.0518. The average Bonchev–Trinajstić information content (AvgIpc) is 2.37. The first kappa shape index (κ1) is 14.9. The van der Waals surface area contributed by atoms with Gasteiger partial charge in [0.15, 0.2) is 5.84 Å². The van der Waals surface area contributed by atoms with Crippen LogP contribution < -0.4 is 16.4 Å². The molecular weight excluding hydrogens is 246 g/mol. The number of carbonyl (C=O) groups is 1. The van der Waals surface area contributed by atoms with Gasteiger partial charge in [-0.1, -0.05) is 11.2 Å². The number of aromatic nitrogens is 1. The second-order valence-corrected chi connectivity index (χ2v) is 4.32.